The smallest absolute Gasteiger partial charge is 0.178 e. The van der Waals surface area contributed by atoms with Gasteiger partial charge in [-0.1, -0.05) is 18.2 Å². The van der Waals surface area contributed by atoms with E-state index >= 15 is 0 Å². The molecular weight excluding hydrogens is 305 g/mol. The summed E-state index contributed by atoms with van der Waals surface area (Å²) >= 11 is 0. The first kappa shape index (κ1) is 14.4. The summed E-state index contributed by atoms with van der Waals surface area (Å²) in [6, 6.07) is 9.06. The van der Waals surface area contributed by atoms with E-state index in [0.717, 1.165) is 11.1 Å². The van der Waals surface area contributed by atoms with Crippen LogP contribution >= 0.6 is 0 Å². The van der Waals surface area contributed by atoms with Gasteiger partial charge in [-0.05, 0) is 24.6 Å². The summed E-state index contributed by atoms with van der Waals surface area (Å²) in [5.41, 5.74) is 4.09. The molecule has 0 aliphatic heterocycles. The molecule has 0 fully saturated rings. The summed E-state index contributed by atoms with van der Waals surface area (Å²) in [4.78, 5) is 13.1. The van der Waals surface area contributed by atoms with Crippen LogP contribution in [-0.2, 0) is 6.54 Å². The minimum atomic E-state index is -0.191. The van der Waals surface area contributed by atoms with Crippen LogP contribution in [0.3, 0.4) is 0 Å². The van der Waals surface area contributed by atoms with Crippen molar-refractivity contribution in [2.24, 2.45) is 0 Å². The zero-order chi connectivity index (χ0) is 16.5. The normalized spacial score (nSPS) is 11.1. The molecule has 4 rings (SSSR count). The van der Waals surface area contributed by atoms with E-state index in [0.29, 0.717) is 29.0 Å². The first-order chi connectivity index (χ1) is 11.7. The lowest BCUT2D eigenvalue weighted by molar-refractivity contribution is 0.578. The highest BCUT2D eigenvalue weighted by Gasteiger charge is 2.09. The summed E-state index contributed by atoms with van der Waals surface area (Å²) < 4.78 is 15.8. The number of fused-ring (bicyclic) bond motifs is 1. The van der Waals surface area contributed by atoms with E-state index in [1.165, 1.54) is 0 Å². The third-order valence-electron chi connectivity index (χ3n) is 3.85. The standard InChI is InChI=1S/C18H14FN5/c1-12-4-2-5-13(17(12)19)10-24-11-14(8-22-24)16-9-21-15-6-3-7-20-18(15)23-16/h2-9,11H,10H2,1H3. The van der Waals surface area contributed by atoms with Gasteiger partial charge >= 0.3 is 0 Å². The van der Waals surface area contributed by atoms with Gasteiger partial charge in [-0.2, -0.15) is 5.10 Å². The molecular formula is C18H14FN5. The van der Waals surface area contributed by atoms with Gasteiger partial charge < -0.3 is 0 Å². The zero-order valence-corrected chi connectivity index (χ0v) is 13.0. The first-order valence-electron chi connectivity index (χ1n) is 7.55. The van der Waals surface area contributed by atoms with Gasteiger partial charge in [0.15, 0.2) is 5.65 Å². The maximum absolute atomic E-state index is 14.1. The van der Waals surface area contributed by atoms with Crippen molar-refractivity contribution in [2.75, 3.05) is 0 Å². The van der Waals surface area contributed by atoms with Gasteiger partial charge in [0.1, 0.15) is 11.3 Å². The molecule has 3 aromatic heterocycles. The molecule has 0 bridgehead atoms. The zero-order valence-electron chi connectivity index (χ0n) is 13.0. The third-order valence-corrected chi connectivity index (χ3v) is 3.85. The quantitative estimate of drug-likeness (QED) is 0.581. The SMILES string of the molecule is Cc1cccc(Cn2cc(-c3cnc4cccnc4n3)cn2)c1F. The van der Waals surface area contributed by atoms with Crippen molar-refractivity contribution in [3.63, 3.8) is 0 Å². The number of aryl methyl sites for hydroxylation is 1. The van der Waals surface area contributed by atoms with Crippen molar-refractivity contribution in [1.82, 2.24) is 24.7 Å². The summed E-state index contributed by atoms with van der Waals surface area (Å²) in [7, 11) is 0. The van der Waals surface area contributed by atoms with Crippen LogP contribution in [-0.4, -0.2) is 24.7 Å². The summed E-state index contributed by atoms with van der Waals surface area (Å²) in [6.07, 6.45) is 6.91. The molecule has 0 unspecified atom stereocenters. The topological polar surface area (TPSA) is 56.5 Å². The Morgan fingerprint density at radius 3 is 2.92 bits per heavy atom. The van der Waals surface area contributed by atoms with Crippen LogP contribution in [0.25, 0.3) is 22.4 Å². The monoisotopic (exact) mass is 319 g/mol. The van der Waals surface area contributed by atoms with E-state index in [9.17, 15) is 4.39 Å². The van der Waals surface area contributed by atoms with Crippen LogP contribution < -0.4 is 0 Å². The van der Waals surface area contributed by atoms with Crippen molar-refractivity contribution < 1.29 is 4.39 Å². The predicted octanol–water partition coefficient (Wildman–Crippen LogP) is 3.38. The highest BCUT2D eigenvalue weighted by Crippen LogP contribution is 2.19. The van der Waals surface area contributed by atoms with Gasteiger partial charge in [-0.15, -0.1) is 0 Å². The number of hydrogen-bond donors (Lipinski definition) is 0. The molecule has 24 heavy (non-hydrogen) atoms. The molecule has 0 spiro atoms. The Hall–Kier alpha value is -3.15. The van der Waals surface area contributed by atoms with Crippen molar-refractivity contribution in [3.8, 4) is 11.3 Å². The van der Waals surface area contributed by atoms with E-state index < -0.39 is 0 Å². The molecule has 3 heterocycles. The molecule has 118 valence electrons. The lowest BCUT2D eigenvalue weighted by atomic mass is 10.1. The molecule has 0 atom stereocenters. The largest absolute Gasteiger partial charge is 0.268 e. The average Bonchev–Trinajstić information content (AvgIpc) is 3.07. The number of nitrogens with zero attached hydrogens (tertiary/aromatic N) is 5. The fourth-order valence-electron chi connectivity index (χ4n) is 2.58. The number of hydrogen-bond acceptors (Lipinski definition) is 4. The van der Waals surface area contributed by atoms with Gasteiger partial charge in [0.05, 0.1) is 24.6 Å². The molecule has 4 aromatic rings. The minimum absolute atomic E-state index is 0.191. The van der Waals surface area contributed by atoms with Crippen LogP contribution in [0.5, 0.6) is 0 Å². The highest BCUT2D eigenvalue weighted by molar-refractivity contribution is 5.72. The van der Waals surface area contributed by atoms with Crippen LogP contribution in [0.2, 0.25) is 0 Å². The van der Waals surface area contributed by atoms with E-state index in [1.54, 1.807) is 42.3 Å². The highest BCUT2D eigenvalue weighted by atomic mass is 19.1. The summed E-state index contributed by atoms with van der Waals surface area (Å²) in [6.45, 7) is 2.12. The molecule has 6 heteroatoms. The second-order valence-electron chi connectivity index (χ2n) is 5.58. The molecule has 5 nitrogen and oxygen atoms in total. The molecule has 0 amide bonds. The van der Waals surface area contributed by atoms with E-state index in [4.69, 9.17) is 0 Å². The predicted molar refractivity (Wildman–Crippen MR) is 88.8 cm³/mol. The number of halogens is 1. The first-order valence-corrected chi connectivity index (χ1v) is 7.55. The Bertz CT molecular complexity index is 1020. The summed E-state index contributed by atoms with van der Waals surface area (Å²) in [5, 5.41) is 4.30. The Morgan fingerprint density at radius 2 is 2.00 bits per heavy atom. The molecule has 0 radical (unpaired) electrons. The Labute approximate surface area is 137 Å². The van der Waals surface area contributed by atoms with E-state index in [1.807, 2.05) is 24.4 Å². The maximum atomic E-state index is 14.1. The average molecular weight is 319 g/mol. The number of pyridine rings is 1. The summed E-state index contributed by atoms with van der Waals surface area (Å²) in [5.74, 6) is -0.191. The van der Waals surface area contributed by atoms with Crippen molar-refractivity contribution in [1.29, 1.82) is 0 Å². The van der Waals surface area contributed by atoms with Gasteiger partial charge in [-0.3, -0.25) is 9.67 Å². The molecule has 0 aliphatic carbocycles. The maximum Gasteiger partial charge on any atom is 0.178 e. The van der Waals surface area contributed by atoms with Gasteiger partial charge in [0.2, 0.25) is 0 Å². The van der Waals surface area contributed by atoms with E-state index in [-0.39, 0.29) is 5.82 Å². The molecule has 0 N–H and O–H groups in total. The van der Waals surface area contributed by atoms with Crippen LogP contribution in [0.15, 0.2) is 55.1 Å². The van der Waals surface area contributed by atoms with Crippen molar-refractivity contribution in [2.45, 2.75) is 13.5 Å². The second-order valence-corrected chi connectivity index (χ2v) is 5.58. The molecule has 1 aromatic carbocycles. The van der Waals surface area contributed by atoms with Crippen molar-refractivity contribution >= 4 is 11.2 Å². The molecule has 0 saturated heterocycles. The fourth-order valence-corrected chi connectivity index (χ4v) is 2.58. The van der Waals surface area contributed by atoms with Gasteiger partial charge in [-0.25, -0.2) is 14.4 Å². The number of aromatic nitrogens is 5. The van der Waals surface area contributed by atoms with Crippen LogP contribution in [0.1, 0.15) is 11.1 Å². The Balaban J connectivity index is 1.65. The molecule has 0 saturated carbocycles. The third kappa shape index (κ3) is 2.62. The van der Waals surface area contributed by atoms with Gasteiger partial charge in [0.25, 0.3) is 0 Å². The second kappa shape index (κ2) is 5.81. The lowest BCUT2D eigenvalue weighted by Gasteiger charge is -2.05. The van der Waals surface area contributed by atoms with Gasteiger partial charge in [0, 0.05) is 23.5 Å². The number of benzene rings is 1. The molecule has 0 aliphatic rings. The minimum Gasteiger partial charge on any atom is -0.268 e. The Morgan fingerprint density at radius 1 is 1.08 bits per heavy atom. The van der Waals surface area contributed by atoms with Crippen LogP contribution in [0.4, 0.5) is 4.39 Å². The fraction of sp³-hybridized carbons (Fsp3) is 0.111. The van der Waals surface area contributed by atoms with E-state index in [2.05, 4.69) is 20.1 Å². The van der Waals surface area contributed by atoms with Crippen molar-refractivity contribution in [3.05, 3.63) is 72.1 Å². The Kier molecular flexibility index (Phi) is 3.49. The van der Waals surface area contributed by atoms with Crippen LogP contribution in [0, 0.1) is 12.7 Å². The lowest BCUT2D eigenvalue weighted by Crippen LogP contribution is -2.03. The number of rotatable bonds is 3.